The average Bonchev–Trinajstić information content (AvgIpc) is 3.72. The molecule has 2 amide bonds. The second kappa shape index (κ2) is 10.9. The standard InChI is InChI=1S/C27H25ClN8O4/c1-35-15-19(12-32-35)18-8-20-21(13-30-25(20)29-11-18)27-34-33-23(40-27)10-16-2-3-17(9-22(16)28)26(38)31-14-24(37)36-4-6-39-7-5-36/h2-3,8-9,11-13,15H,4-7,10,14H2,1H3,(H,29,30)(H,31,38). The van der Waals surface area contributed by atoms with Crippen LogP contribution in [0.5, 0.6) is 0 Å². The number of morpholine rings is 1. The predicted molar refractivity (Wildman–Crippen MR) is 146 cm³/mol. The topological polar surface area (TPSA) is 144 Å². The van der Waals surface area contributed by atoms with Gasteiger partial charge in [-0.3, -0.25) is 14.3 Å². The summed E-state index contributed by atoms with van der Waals surface area (Å²) in [4.78, 5) is 34.2. The number of nitrogens with one attached hydrogen (secondary N) is 2. The predicted octanol–water partition coefficient (Wildman–Crippen LogP) is 2.85. The third kappa shape index (κ3) is 5.31. The van der Waals surface area contributed by atoms with Gasteiger partial charge in [0.15, 0.2) is 0 Å². The quantitative estimate of drug-likeness (QED) is 0.309. The van der Waals surface area contributed by atoms with Gasteiger partial charge < -0.3 is 24.4 Å². The monoisotopic (exact) mass is 560 g/mol. The molecule has 1 fully saturated rings. The van der Waals surface area contributed by atoms with Crippen LogP contribution in [0.2, 0.25) is 5.02 Å². The highest BCUT2D eigenvalue weighted by Gasteiger charge is 2.19. The first kappa shape index (κ1) is 25.7. The zero-order chi connectivity index (χ0) is 27.6. The number of H-pyrrole nitrogens is 1. The number of fused-ring (bicyclic) bond motifs is 1. The Morgan fingerprint density at radius 1 is 1.12 bits per heavy atom. The number of nitrogens with zero attached hydrogens (tertiary/aromatic N) is 6. The minimum atomic E-state index is -0.381. The lowest BCUT2D eigenvalue weighted by Crippen LogP contribution is -2.45. The van der Waals surface area contributed by atoms with Gasteiger partial charge in [-0.25, -0.2) is 4.98 Å². The first-order valence-corrected chi connectivity index (χ1v) is 13.0. The largest absolute Gasteiger partial charge is 0.420 e. The fraction of sp³-hybridized carbons (Fsp3) is 0.259. The molecule has 0 unspecified atom stereocenters. The maximum Gasteiger partial charge on any atom is 0.251 e. The van der Waals surface area contributed by atoms with Crippen LogP contribution in [0.3, 0.4) is 0 Å². The van der Waals surface area contributed by atoms with E-state index in [1.54, 1.807) is 46.4 Å². The average molecular weight is 561 g/mol. The van der Waals surface area contributed by atoms with Gasteiger partial charge in [0.05, 0.1) is 37.9 Å². The molecule has 1 aliphatic rings. The zero-order valence-corrected chi connectivity index (χ0v) is 22.3. The number of aromatic amines is 1. The molecule has 6 rings (SSSR count). The van der Waals surface area contributed by atoms with Crippen molar-refractivity contribution in [3.63, 3.8) is 0 Å². The third-order valence-electron chi connectivity index (χ3n) is 6.69. The molecule has 40 heavy (non-hydrogen) atoms. The Morgan fingerprint density at radius 2 is 1.98 bits per heavy atom. The van der Waals surface area contributed by atoms with Crippen LogP contribution in [0.1, 0.15) is 21.8 Å². The second-order valence-corrected chi connectivity index (χ2v) is 9.79. The Bertz CT molecular complexity index is 1700. The minimum Gasteiger partial charge on any atom is -0.420 e. The van der Waals surface area contributed by atoms with Gasteiger partial charge in [0.2, 0.25) is 17.7 Å². The summed E-state index contributed by atoms with van der Waals surface area (Å²) in [6.45, 7) is 1.97. The normalized spacial score (nSPS) is 13.6. The van der Waals surface area contributed by atoms with Crippen molar-refractivity contribution in [2.24, 2.45) is 7.05 Å². The molecule has 0 bridgehead atoms. The number of amides is 2. The van der Waals surface area contributed by atoms with E-state index in [2.05, 4.69) is 30.6 Å². The van der Waals surface area contributed by atoms with Crippen LogP contribution in [0.15, 0.2) is 53.5 Å². The molecule has 0 aliphatic carbocycles. The van der Waals surface area contributed by atoms with Crippen molar-refractivity contribution in [3.05, 3.63) is 71.1 Å². The maximum absolute atomic E-state index is 12.6. The number of ether oxygens (including phenoxy) is 1. The van der Waals surface area contributed by atoms with E-state index in [4.69, 9.17) is 20.8 Å². The van der Waals surface area contributed by atoms with E-state index in [0.717, 1.165) is 27.6 Å². The highest BCUT2D eigenvalue weighted by atomic mass is 35.5. The van der Waals surface area contributed by atoms with Crippen LogP contribution in [-0.4, -0.2) is 79.5 Å². The summed E-state index contributed by atoms with van der Waals surface area (Å²) >= 11 is 6.49. The van der Waals surface area contributed by atoms with Crippen molar-refractivity contribution < 1.29 is 18.7 Å². The summed E-state index contributed by atoms with van der Waals surface area (Å²) in [5, 5.41) is 16.5. The number of aryl methyl sites for hydroxylation is 1. The highest BCUT2D eigenvalue weighted by Crippen LogP contribution is 2.31. The van der Waals surface area contributed by atoms with Crippen LogP contribution in [-0.2, 0) is 23.0 Å². The van der Waals surface area contributed by atoms with Gasteiger partial charge in [0.25, 0.3) is 5.91 Å². The Hall–Kier alpha value is -4.55. The van der Waals surface area contributed by atoms with Gasteiger partial charge >= 0.3 is 0 Å². The Morgan fingerprint density at radius 3 is 2.75 bits per heavy atom. The molecule has 1 aromatic carbocycles. The second-order valence-electron chi connectivity index (χ2n) is 9.38. The van der Waals surface area contributed by atoms with E-state index in [0.29, 0.717) is 54.3 Å². The van der Waals surface area contributed by atoms with Crippen LogP contribution < -0.4 is 5.32 Å². The lowest BCUT2D eigenvalue weighted by Gasteiger charge is -2.26. The van der Waals surface area contributed by atoms with E-state index in [1.165, 1.54) is 0 Å². The molecule has 4 aromatic heterocycles. The van der Waals surface area contributed by atoms with Crippen molar-refractivity contribution in [2.45, 2.75) is 6.42 Å². The summed E-state index contributed by atoms with van der Waals surface area (Å²) in [6, 6.07) is 6.96. The van der Waals surface area contributed by atoms with Crippen molar-refractivity contribution in [3.8, 4) is 22.6 Å². The third-order valence-corrected chi connectivity index (χ3v) is 7.04. The number of halogens is 1. The summed E-state index contributed by atoms with van der Waals surface area (Å²) < 4.78 is 13.0. The minimum absolute atomic E-state index is 0.0872. The fourth-order valence-corrected chi connectivity index (χ4v) is 4.77. The Kier molecular flexibility index (Phi) is 7.01. The number of hydrogen-bond acceptors (Lipinski definition) is 8. The summed E-state index contributed by atoms with van der Waals surface area (Å²) in [5.41, 5.74) is 4.37. The van der Waals surface area contributed by atoms with E-state index in [1.807, 2.05) is 19.3 Å². The maximum atomic E-state index is 12.6. The number of aromatic nitrogens is 6. The molecule has 2 N–H and O–H groups in total. The van der Waals surface area contributed by atoms with Crippen LogP contribution in [0.25, 0.3) is 33.6 Å². The molecule has 13 heteroatoms. The van der Waals surface area contributed by atoms with E-state index in [9.17, 15) is 9.59 Å². The van der Waals surface area contributed by atoms with E-state index < -0.39 is 0 Å². The van der Waals surface area contributed by atoms with Gasteiger partial charge in [-0.1, -0.05) is 17.7 Å². The molecule has 204 valence electrons. The van der Waals surface area contributed by atoms with E-state index in [-0.39, 0.29) is 24.8 Å². The molecular formula is C27H25ClN8O4. The first-order valence-electron chi connectivity index (χ1n) is 12.7. The molecule has 0 saturated carbocycles. The van der Waals surface area contributed by atoms with Gasteiger partial charge in [-0.2, -0.15) is 5.10 Å². The van der Waals surface area contributed by atoms with Gasteiger partial charge in [-0.15, -0.1) is 10.2 Å². The molecule has 5 aromatic rings. The molecule has 1 aliphatic heterocycles. The lowest BCUT2D eigenvalue weighted by atomic mass is 10.1. The van der Waals surface area contributed by atoms with Crippen molar-refractivity contribution >= 4 is 34.4 Å². The molecule has 0 atom stereocenters. The molecular weight excluding hydrogens is 536 g/mol. The zero-order valence-electron chi connectivity index (χ0n) is 21.6. The van der Waals surface area contributed by atoms with Gasteiger partial charge in [-0.05, 0) is 23.8 Å². The van der Waals surface area contributed by atoms with Crippen LogP contribution in [0, 0.1) is 0 Å². The lowest BCUT2D eigenvalue weighted by molar-refractivity contribution is -0.134. The SMILES string of the molecule is Cn1cc(-c2cnc3[nH]cc(-c4nnc(Cc5ccc(C(=O)NCC(=O)N6CCOCC6)cc5Cl)o4)c3c2)cn1. The first-order chi connectivity index (χ1) is 19.4. The van der Waals surface area contributed by atoms with Crippen LogP contribution in [0.4, 0.5) is 0 Å². The van der Waals surface area contributed by atoms with Crippen molar-refractivity contribution in [1.82, 2.24) is 40.2 Å². The summed E-state index contributed by atoms with van der Waals surface area (Å²) in [5.74, 6) is 0.193. The molecule has 0 spiro atoms. The molecule has 12 nitrogen and oxygen atoms in total. The number of carbonyl (C=O) groups excluding carboxylic acids is 2. The Balaban J connectivity index is 1.13. The fourth-order valence-electron chi connectivity index (χ4n) is 4.52. The van der Waals surface area contributed by atoms with Crippen molar-refractivity contribution in [2.75, 3.05) is 32.8 Å². The van der Waals surface area contributed by atoms with Crippen molar-refractivity contribution in [1.29, 1.82) is 0 Å². The molecule has 0 radical (unpaired) electrons. The van der Waals surface area contributed by atoms with Gasteiger partial charge in [0, 0.05) is 65.8 Å². The molecule has 1 saturated heterocycles. The number of carbonyl (C=O) groups is 2. The number of benzene rings is 1. The smallest absolute Gasteiger partial charge is 0.251 e. The number of rotatable bonds is 7. The summed E-state index contributed by atoms with van der Waals surface area (Å²) in [6.07, 6.45) is 7.55. The van der Waals surface area contributed by atoms with Gasteiger partial charge in [0.1, 0.15) is 5.65 Å². The van der Waals surface area contributed by atoms with Crippen LogP contribution >= 0.6 is 11.6 Å². The number of pyridine rings is 1. The number of hydrogen-bond donors (Lipinski definition) is 2. The highest BCUT2D eigenvalue weighted by molar-refractivity contribution is 6.31. The summed E-state index contributed by atoms with van der Waals surface area (Å²) in [7, 11) is 1.86. The van der Waals surface area contributed by atoms with E-state index >= 15 is 0 Å². The molecule has 5 heterocycles. The Labute approximate surface area is 233 Å².